The van der Waals surface area contributed by atoms with Crippen molar-refractivity contribution in [1.29, 1.82) is 0 Å². The fourth-order valence-electron chi connectivity index (χ4n) is 4.17. The molecule has 8 heteroatoms. The van der Waals surface area contributed by atoms with Gasteiger partial charge in [-0.3, -0.25) is 14.3 Å². The third-order valence-electron chi connectivity index (χ3n) is 5.76. The van der Waals surface area contributed by atoms with E-state index < -0.39 is 5.56 Å². The van der Waals surface area contributed by atoms with Crippen LogP contribution in [0.4, 0.5) is 0 Å². The summed E-state index contributed by atoms with van der Waals surface area (Å²) >= 11 is 0. The molecule has 4 aromatic heterocycles. The van der Waals surface area contributed by atoms with Crippen LogP contribution in [0.3, 0.4) is 0 Å². The van der Waals surface area contributed by atoms with Crippen molar-refractivity contribution in [3.63, 3.8) is 0 Å². The lowest BCUT2D eigenvalue weighted by molar-refractivity contribution is 0.700. The summed E-state index contributed by atoms with van der Waals surface area (Å²) in [5.41, 5.74) is 2.88. The first-order valence-electron chi connectivity index (χ1n) is 10.4. The molecule has 8 nitrogen and oxygen atoms in total. The van der Waals surface area contributed by atoms with Crippen LogP contribution in [-0.4, -0.2) is 28.5 Å². The standard InChI is InChI=1S/C23H20N6O2/c30-22-20-21(29(17-9-10-17)23(31)26-22)25-19(28(20)13-15-6-2-1-3-7-15)12-16-14-27-11-5-4-8-18(27)24-16/h1-8,11,14,17H,9-10,12-13H2,(H,26,30,31). The molecule has 0 saturated heterocycles. The van der Waals surface area contributed by atoms with Gasteiger partial charge in [-0.25, -0.2) is 14.8 Å². The molecule has 4 heterocycles. The van der Waals surface area contributed by atoms with E-state index in [1.165, 1.54) is 0 Å². The third-order valence-corrected chi connectivity index (χ3v) is 5.76. The second kappa shape index (κ2) is 6.80. The highest BCUT2D eigenvalue weighted by Gasteiger charge is 2.29. The molecule has 1 fully saturated rings. The number of nitrogens with zero attached hydrogens (tertiary/aromatic N) is 5. The molecule has 0 atom stereocenters. The molecular weight excluding hydrogens is 392 g/mol. The number of benzene rings is 1. The van der Waals surface area contributed by atoms with Crippen LogP contribution in [0.15, 0.2) is 70.5 Å². The minimum Gasteiger partial charge on any atom is -0.317 e. The molecule has 31 heavy (non-hydrogen) atoms. The predicted molar refractivity (Wildman–Crippen MR) is 116 cm³/mol. The van der Waals surface area contributed by atoms with Gasteiger partial charge in [-0.05, 0) is 30.5 Å². The predicted octanol–water partition coefficient (Wildman–Crippen LogP) is 2.51. The van der Waals surface area contributed by atoms with E-state index in [0.717, 1.165) is 29.7 Å². The van der Waals surface area contributed by atoms with Gasteiger partial charge in [0.1, 0.15) is 11.5 Å². The average molecular weight is 412 g/mol. The molecule has 1 N–H and O–H groups in total. The Morgan fingerprint density at radius 3 is 2.58 bits per heavy atom. The van der Waals surface area contributed by atoms with Gasteiger partial charge in [0.25, 0.3) is 5.56 Å². The Hall–Kier alpha value is -3.94. The number of aromatic nitrogens is 6. The first kappa shape index (κ1) is 17.9. The van der Waals surface area contributed by atoms with Gasteiger partial charge in [-0.1, -0.05) is 36.4 Å². The van der Waals surface area contributed by atoms with E-state index in [9.17, 15) is 9.59 Å². The molecule has 5 aromatic rings. The summed E-state index contributed by atoms with van der Waals surface area (Å²) in [5.74, 6) is 0.716. The maximum atomic E-state index is 12.9. The number of H-pyrrole nitrogens is 1. The molecular formula is C23H20N6O2. The average Bonchev–Trinajstić information content (AvgIpc) is 3.41. The number of pyridine rings is 1. The lowest BCUT2D eigenvalue weighted by Crippen LogP contribution is -2.30. The Balaban J connectivity index is 1.55. The Bertz CT molecular complexity index is 1500. The van der Waals surface area contributed by atoms with Crippen molar-refractivity contribution in [3.8, 4) is 0 Å². The Morgan fingerprint density at radius 2 is 1.81 bits per heavy atom. The maximum Gasteiger partial charge on any atom is 0.330 e. The van der Waals surface area contributed by atoms with E-state index in [1.807, 2.05) is 69.9 Å². The summed E-state index contributed by atoms with van der Waals surface area (Å²) in [7, 11) is 0. The lowest BCUT2D eigenvalue weighted by atomic mass is 10.2. The fourth-order valence-corrected chi connectivity index (χ4v) is 4.17. The zero-order valence-electron chi connectivity index (χ0n) is 16.7. The zero-order valence-corrected chi connectivity index (χ0v) is 16.7. The molecule has 1 aromatic carbocycles. The summed E-state index contributed by atoms with van der Waals surface area (Å²) in [4.78, 5) is 37.4. The van der Waals surface area contributed by atoms with E-state index in [-0.39, 0.29) is 11.7 Å². The van der Waals surface area contributed by atoms with E-state index in [0.29, 0.717) is 30.0 Å². The Kier molecular flexibility index (Phi) is 3.92. The third kappa shape index (κ3) is 3.07. The fraction of sp³-hybridized carbons (Fsp3) is 0.217. The highest BCUT2D eigenvalue weighted by Crippen LogP contribution is 2.35. The van der Waals surface area contributed by atoms with E-state index in [1.54, 1.807) is 4.57 Å². The number of fused-ring (bicyclic) bond motifs is 2. The molecule has 6 rings (SSSR count). The largest absolute Gasteiger partial charge is 0.330 e. The van der Waals surface area contributed by atoms with Crippen LogP contribution in [-0.2, 0) is 13.0 Å². The van der Waals surface area contributed by atoms with Crippen molar-refractivity contribution in [1.82, 2.24) is 28.5 Å². The molecule has 0 unspecified atom stereocenters. The number of imidazole rings is 2. The highest BCUT2D eigenvalue weighted by molar-refractivity contribution is 5.71. The lowest BCUT2D eigenvalue weighted by Gasteiger charge is -2.09. The molecule has 1 saturated carbocycles. The summed E-state index contributed by atoms with van der Waals surface area (Å²) < 4.78 is 5.53. The summed E-state index contributed by atoms with van der Waals surface area (Å²) in [5, 5.41) is 0. The maximum absolute atomic E-state index is 12.9. The number of aromatic amines is 1. The van der Waals surface area contributed by atoms with Crippen molar-refractivity contribution in [2.24, 2.45) is 0 Å². The quantitative estimate of drug-likeness (QED) is 0.480. The second-order valence-corrected chi connectivity index (χ2v) is 8.01. The van der Waals surface area contributed by atoms with Gasteiger partial charge in [0.15, 0.2) is 11.2 Å². The molecule has 154 valence electrons. The van der Waals surface area contributed by atoms with Crippen LogP contribution < -0.4 is 11.2 Å². The van der Waals surface area contributed by atoms with Crippen molar-refractivity contribution in [2.45, 2.75) is 31.8 Å². The normalized spacial score (nSPS) is 13.9. The topological polar surface area (TPSA) is 90.0 Å². The highest BCUT2D eigenvalue weighted by atomic mass is 16.2. The van der Waals surface area contributed by atoms with Crippen molar-refractivity contribution in [2.75, 3.05) is 0 Å². The smallest absolute Gasteiger partial charge is 0.317 e. The van der Waals surface area contributed by atoms with Gasteiger partial charge < -0.3 is 8.97 Å². The van der Waals surface area contributed by atoms with Crippen molar-refractivity contribution >= 4 is 16.8 Å². The summed E-state index contributed by atoms with van der Waals surface area (Å²) in [6.07, 6.45) is 6.23. The Morgan fingerprint density at radius 1 is 1.00 bits per heavy atom. The van der Waals surface area contributed by atoms with E-state index >= 15 is 0 Å². The van der Waals surface area contributed by atoms with E-state index in [2.05, 4.69) is 4.98 Å². The number of hydrogen-bond donors (Lipinski definition) is 1. The molecule has 1 aliphatic rings. The van der Waals surface area contributed by atoms with Crippen LogP contribution in [0, 0.1) is 0 Å². The van der Waals surface area contributed by atoms with Gasteiger partial charge in [-0.2, -0.15) is 0 Å². The molecule has 0 bridgehead atoms. The van der Waals surface area contributed by atoms with Crippen LogP contribution in [0.1, 0.15) is 36.0 Å². The summed E-state index contributed by atoms with van der Waals surface area (Å²) in [6.45, 7) is 0.492. The minimum atomic E-state index is -0.401. The SMILES string of the molecule is O=c1[nH]c(=O)n(C2CC2)c2nc(Cc3cn4ccccc4n3)n(Cc3ccccc3)c12. The number of nitrogens with one attached hydrogen (secondary N) is 1. The molecule has 0 radical (unpaired) electrons. The van der Waals surface area contributed by atoms with Crippen LogP contribution in [0.2, 0.25) is 0 Å². The monoisotopic (exact) mass is 412 g/mol. The number of rotatable bonds is 5. The van der Waals surface area contributed by atoms with Gasteiger partial charge in [0.2, 0.25) is 0 Å². The van der Waals surface area contributed by atoms with Gasteiger partial charge in [0.05, 0.1) is 5.69 Å². The van der Waals surface area contributed by atoms with E-state index in [4.69, 9.17) is 9.97 Å². The van der Waals surface area contributed by atoms with Crippen molar-refractivity contribution in [3.05, 3.63) is 98.8 Å². The first-order chi connectivity index (χ1) is 15.2. The van der Waals surface area contributed by atoms with Crippen LogP contribution in [0.5, 0.6) is 0 Å². The van der Waals surface area contributed by atoms with Crippen LogP contribution >= 0.6 is 0 Å². The zero-order chi connectivity index (χ0) is 20.9. The first-order valence-corrected chi connectivity index (χ1v) is 10.4. The van der Waals surface area contributed by atoms with Gasteiger partial charge >= 0.3 is 5.69 Å². The van der Waals surface area contributed by atoms with Gasteiger partial charge in [-0.15, -0.1) is 0 Å². The van der Waals surface area contributed by atoms with Crippen LogP contribution in [0.25, 0.3) is 16.8 Å². The summed E-state index contributed by atoms with van der Waals surface area (Å²) in [6, 6.07) is 15.9. The minimum absolute atomic E-state index is 0.106. The molecule has 1 aliphatic carbocycles. The molecule has 0 amide bonds. The molecule has 0 aliphatic heterocycles. The second-order valence-electron chi connectivity index (χ2n) is 8.01. The molecule has 0 spiro atoms. The van der Waals surface area contributed by atoms with Crippen molar-refractivity contribution < 1.29 is 0 Å². The number of hydrogen-bond acceptors (Lipinski definition) is 4. The Labute approximate surface area is 176 Å². The van der Waals surface area contributed by atoms with Gasteiger partial charge in [0, 0.05) is 31.4 Å².